The Morgan fingerprint density at radius 2 is 1.37 bits per heavy atom. The van der Waals surface area contributed by atoms with Gasteiger partial charge in [-0.05, 0) is 90.8 Å². The monoisotopic (exact) mass is 529 g/mol. The molecule has 0 radical (unpaired) electrons. The molecule has 0 saturated heterocycles. The molecule has 1 spiro atoms. The van der Waals surface area contributed by atoms with Gasteiger partial charge in [0.2, 0.25) is 0 Å². The fourth-order valence-corrected chi connectivity index (χ4v) is 8.51. The molecular weight excluding hydrogens is 498 g/mol. The van der Waals surface area contributed by atoms with Crippen molar-refractivity contribution < 1.29 is 22.7 Å². The molecule has 1 atom stereocenters. The van der Waals surface area contributed by atoms with Crippen LogP contribution in [0, 0.1) is 10.8 Å². The van der Waals surface area contributed by atoms with Crippen LogP contribution in [0.1, 0.15) is 50.2 Å². The largest absolute Gasteiger partial charge is 0.497 e. The van der Waals surface area contributed by atoms with Gasteiger partial charge in [-0.15, -0.1) is 0 Å². The second-order valence-electron chi connectivity index (χ2n) is 10.7. The van der Waals surface area contributed by atoms with Crippen molar-refractivity contribution in [2.24, 2.45) is 10.8 Å². The zero-order chi connectivity index (χ0) is 26.7. The minimum absolute atomic E-state index is 0.0569. The maximum absolute atomic E-state index is 14.5. The van der Waals surface area contributed by atoms with Crippen LogP contribution in [0.25, 0.3) is 11.1 Å². The van der Waals surface area contributed by atoms with Gasteiger partial charge < -0.3 is 9.47 Å². The Bertz CT molecular complexity index is 1550. The molecule has 1 fully saturated rings. The number of hydrogen-bond acceptors (Lipinski definition) is 5. The maximum Gasteiger partial charge on any atom is 0.270 e. The van der Waals surface area contributed by atoms with Crippen molar-refractivity contribution in [2.75, 3.05) is 18.5 Å². The van der Waals surface area contributed by atoms with E-state index in [2.05, 4.69) is 12.1 Å². The Morgan fingerprint density at radius 3 is 1.97 bits per heavy atom. The fourth-order valence-electron chi connectivity index (χ4n) is 6.98. The fraction of sp³-hybridized carbons (Fsp3) is 0.323. The summed E-state index contributed by atoms with van der Waals surface area (Å²) in [5.74, 6) is 0.934. The molecule has 0 aromatic heterocycles. The number of hydrogen-bond donors (Lipinski definition) is 0. The van der Waals surface area contributed by atoms with E-state index in [-0.39, 0.29) is 10.3 Å². The molecule has 6 nitrogen and oxygen atoms in total. The molecule has 196 valence electrons. The van der Waals surface area contributed by atoms with E-state index in [9.17, 15) is 13.2 Å². The molecular formula is C31H31NO5S. The summed E-state index contributed by atoms with van der Waals surface area (Å²) in [5, 5.41) is 0. The average molecular weight is 530 g/mol. The zero-order valence-corrected chi connectivity index (χ0v) is 22.7. The Morgan fingerprint density at radius 1 is 0.789 bits per heavy atom. The van der Waals surface area contributed by atoms with Gasteiger partial charge in [0.25, 0.3) is 15.9 Å². The topological polar surface area (TPSA) is 72.9 Å². The third-order valence-electron chi connectivity index (χ3n) is 8.61. The van der Waals surface area contributed by atoms with E-state index in [1.54, 1.807) is 31.4 Å². The van der Waals surface area contributed by atoms with Gasteiger partial charge in [0.05, 0.1) is 30.2 Å². The number of benzene rings is 3. The number of methoxy groups -OCH3 is 2. The first-order chi connectivity index (χ1) is 18.2. The third-order valence-corrected chi connectivity index (χ3v) is 10.3. The number of fused-ring (bicyclic) bond motifs is 3. The first kappa shape index (κ1) is 24.7. The van der Waals surface area contributed by atoms with Crippen molar-refractivity contribution in [3.05, 3.63) is 83.9 Å². The van der Waals surface area contributed by atoms with E-state index in [1.165, 1.54) is 24.8 Å². The van der Waals surface area contributed by atoms with Gasteiger partial charge >= 0.3 is 0 Å². The minimum atomic E-state index is -4.16. The molecule has 1 aliphatic heterocycles. The average Bonchev–Trinajstić information content (AvgIpc) is 3.51. The molecule has 1 saturated carbocycles. The number of anilines is 1. The molecule has 1 unspecified atom stereocenters. The van der Waals surface area contributed by atoms with Gasteiger partial charge in [-0.2, -0.15) is 0 Å². The molecule has 3 aromatic carbocycles. The normalized spacial score (nSPS) is 22.0. The summed E-state index contributed by atoms with van der Waals surface area (Å²) in [6.07, 6.45) is 4.74. The van der Waals surface area contributed by atoms with Crippen LogP contribution in [-0.2, 0) is 14.8 Å². The Hall–Kier alpha value is -3.58. The van der Waals surface area contributed by atoms with Gasteiger partial charge in [0, 0.05) is 5.56 Å². The molecule has 7 heteroatoms. The van der Waals surface area contributed by atoms with E-state index in [0.717, 1.165) is 52.4 Å². The van der Waals surface area contributed by atoms with Crippen LogP contribution >= 0.6 is 0 Å². The first-order valence-electron chi connectivity index (χ1n) is 13.0. The summed E-state index contributed by atoms with van der Waals surface area (Å²) < 4.78 is 39.8. The molecule has 0 bridgehead atoms. The summed E-state index contributed by atoms with van der Waals surface area (Å²) in [5.41, 5.74) is 3.27. The van der Waals surface area contributed by atoms with Crippen molar-refractivity contribution in [3.63, 3.8) is 0 Å². The van der Waals surface area contributed by atoms with Crippen molar-refractivity contribution in [3.8, 4) is 11.5 Å². The van der Waals surface area contributed by atoms with Crippen LogP contribution in [0.2, 0.25) is 0 Å². The summed E-state index contributed by atoms with van der Waals surface area (Å²) in [7, 11) is -0.985. The summed E-state index contributed by atoms with van der Waals surface area (Å²) in [6, 6.07) is 21.7. The van der Waals surface area contributed by atoms with Gasteiger partial charge in [0.15, 0.2) is 0 Å². The van der Waals surface area contributed by atoms with Crippen LogP contribution in [0.4, 0.5) is 5.69 Å². The lowest BCUT2D eigenvalue weighted by Gasteiger charge is -2.40. The minimum Gasteiger partial charge on any atom is -0.497 e. The van der Waals surface area contributed by atoms with Crippen LogP contribution in [0.5, 0.6) is 11.5 Å². The molecule has 2 aliphatic carbocycles. The van der Waals surface area contributed by atoms with Crippen molar-refractivity contribution >= 4 is 32.8 Å². The molecule has 1 amide bonds. The van der Waals surface area contributed by atoms with Crippen molar-refractivity contribution in [2.45, 2.75) is 43.9 Å². The van der Waals surface area contributed by atoms with Crippen LogP contribution in [-0.4, -0.2) is 28.5 Å². The number of nitrogens with zero attached hydrogens (tertiary/aromatic N) is 1. The molecule has 6 rings (SSSR count). The second kappa shape index (κ2) is 8.73. The van der Waals surface area contributed by atoms with E-state index in [1.807, 2.05) is 31.2 Å². The number of carbonyl (C=O) groups excluding carboxylic acids is 1. The number of allylic oxidation sites excluding steroid dienone is 1. The maximum atomic E-state index is 14.5. The number of para-hydroxylation sites is 1. The first-order valence-corrected chi connectivity index (χ1v) is 14.4. The quantitative estimate of drug-likeness (QED) is 0.387. The highest BCUT2D eigenvalue weighted by molar-refractivity contribution is 7.93. The smallest absolute Gasteiger partial charge is 0.270 e. The van der Waals surface area contributed by atoms with Gasteiger partial charge in [-0.25, -0.2) is 12.7 Å². The third kappa shape index (κ3) is 3.44. The lowest BCUT2D eigenvalue weighted by Crippen LogP contribution is -2.49. The van der Waals surface area contributed by atoms with Gasteiger partial charge in [0.1, 0.15) is 11.5 Å². The number of rotatable bonds is 5. The Balaban J connectivity index is 1.60. The molecule has 38 heavy (non-hydrogen) atoms. The Labute approximate surface area is 223 Å². The standard InChI is InChI=1S/C31H31NO5S/c1-30-20-31(18-6-7-19-31)27(21-10-12-22(36-2)13-11-21)28(30)25-8-4-5-9-26(25)32(29(30)33)38(34,35)24-16-14-23(37-3)15-17-24/h4-5,8-17H,6-7,18-20H2,1-3H3. The van der Waals surface area contributed by atoms with Gasteiger partial charge in [-0.1, -0.05) is 43.2 Å². The van der Waals surface area contributed by atoms with Crippen molar-refractivity contribution in [1.82, 2.24) is 0 Å². The molecule has 3 aromatic rings. The van der Waals surface area contributed by atoms with Crippen LogP contribution in [0.15, 0.2) is 77.7 Å². The van der Waals surface area contributed by atoms with Crippen molar-refractivity contribution in [1.29, 1.82) is 0 Å². The lowest BCUT2D eigenvalue weighted by atomic mass is 9.72. The molecule has 3 aliphatic rings. The zero-order valence-electron chi connectivity index (χ0n) is 21.9. The predicted molar refractivity (Wildman–Crippen MR) is 148 cm³/mol. The molecule has 1 heterocycles. The summed E-state index contributed by atoms with van der Waals surface area (Å²) in [4.78, 5) is 14.6. The Kier molecular flexibility index (Phi) is 5.69. The van der Waals surface area contributed by atoms with E-state index < -0.39 is 21.3 Å². The molecule has 0 N–H and O–H groups in total. The van der Waals surface area contributed by atoms with Gasteiger partial charge in [-0.3, -0.25) is 4.79 Å². The highest BCUT2D eigenvalue weighted by Crippen LogP contribution is 2.68. The van der Waals surface area contributed by atoms with E-state index >= 15 is 0 Å². The summed E-state index contributed by atoms with van der Waals surface area (Å²) in [6.45, 7) is 1.94. The number of amides is 1. The highest BCUT2D eigenvalue weighted by Gasteiger charge is 2.61. The van der Waals surface area contributed by atoms with Crippen LogP contribution < -0.4 is 13.8 Å². The SMILES string of the molecule is COc1ccc(C2=C3c4ccccc4N(S(=O)(=O)c4ccc(OC)cc4)C(=O)C3(C)CC23CCCC3)cc1. The highest BCUT2D eigenvalue weighted by atomic mass is 32.2. The lowest BCUT2D eigenvalue weighted by molar-refractivity contribution is -0.124. The second-order valence-corrected chi connectivity index (χ2v) is 12.5. The van der Waals surface area contributed by atoms with E-state index in [0.29, 0.717) is 17.9 Å². The van der Waals surface area contributed by atoms with E-state index in [4.69, 9.17) is 9.47 Å². The number of carbonyl (C=O) groups is 1. The van der Waals surface area contributed by atoms with Crippen LogP contribution in [0.3, 0.4) is 0 Å². The predicted octanol–water partition coefficient (Wildman–Crippen LogP) is 6.32. The number of sulfonamides is 1. The summed E-state index contributed by atoms with van der Waals surface area (Å²) >= 11 is 0. The number of ether oxygens (including phenoxy) is 2.